The highest BCUT2D eigenvalue weighted by Gasteiger charge is 2.42. The monoisotopic (exact) mass is 406 g/mol. The number of phenolic OH excluding ortho intramolecular Hbond substituents is 2. The molecule has 0 bridgehead atoms. The molecule has 0 saturated carbocycles. The Kier molecular flexibility index (Phi) is 3.94. The maximum atomic E-state index is 13.4. The Hall–Kier alpha value is -3.65. The second-order valence-electron chi connectivity index (χ2n) is 7.55. The Morgan fingerprint density at radius 2 is 1.70 bits per heavy atom. The standard InChI is InChI=1S/C22H18N2O6/c1-9-13(22(29)24-10-6-7-23-8-10)16-19(27)14-15(20(28)21(16)30-9)18(26)12-5-3-2-4-11(12)17(14)25/h2-5,10,23,25-26H,6-8H2,1H3,(H,24,29)/t10-/m0/s1. The van der Waals surface area contributed by atoms with Crippen molar-refractivity contribution in [2.45, 2.75) is 19.4 Å². The molecule has 152 valence electrons. The Labute approximate surface area is 170 Å². The van der Waals surface area contributed by atoms with Gasteiger partial charge in [0.2, 0.25) is 11.6 Å². The van der Waals surface area contributed by atoms with Crippen LogP contribution in [0.2, 0.25) is 0 Å². The summed E-state index contributed by atoms with van der Waals surface area (Å²) < 4.78 is 5.53. The third-order valence-corrected chi connectivity index (χ3v) is 5.76. The number of benzene rings is 2. The van der Waals surface area contributed by atoms with Gasteiger partial charge >= 0.3 is 0 Å². The van der Waals surface area contributed by atoms with Crippen molar-refractivity contribution in [3.05, 3.63) is 58.0 Å². The van der Waals surface area contributed by atoms with Crippen LogP contribution in [0.15, 0.2) is 28.7 Å². The lowest BCUT2D eigenvalue weighted by molar-refractivity contribution is 0.0926. The van der Waals surface area contributed by atoms with Gasteiger partial charge in [-0.15, -0.1) is 0 Å². The molecule has 0 unspecified atom stereocenters. The molecule has 1 fully saturated rings. The minimum absolute atomic E-state index is 0.0204. The van der Waals surface area contributed by atoms with E-state index in [9.17, 15) is 24.6 Å². The summed E-state index contributed by atoms with van der Waals surface area (Å²) in [6.45, 7) is 2.89. The van der Waals surface area contributed by atoms with E-state index in [1.807, 2.05) is 0 Å². The molecule has 1 saturated heterocycles. The number of amides is 1. The maximum Gasteiger partial charge on any atom is 0.255 e. The van der Waals surface area contributed by atoms with Crippen molar-refractivity contribution in [3.8, 4) is 11.5 Å². The number of rotatable bonds is 2. The van der Waals surface area contributed by atoms with Gasteiger partial charge in [0.1, 0.15) is 17.3 Å². The van der Waals surface area contributed by atoms with E-state index in [-0.39, 0.29) is 50.6 Å². The molecule has 1 amide bonds. The van der Waals surface area contributed by atoms with E-state index in [0.29, 0.717) is 6.54 Å². The van der Waals surface area contributed by atoms with E-state index < -0.39 is 29.0 Å². The zero-order valence-corrected chi connectivity index (χ0v) is 16.0. The van der Waals surface area contributed by atoms with E-state index >= 15 is 0 Å². The van der Waals surface area contributed by atoms with E-state index in [2.05, 4.69) is 10.6 Å². The van der Waals surface area contributed by atoms with E-state index in [1.54, 1.807) is 24.3 Å². The molecule has 8 nitrogen and oxygen atoms in total. The van der Waals surface area contributed by atoms with Gasteiger partial charge in [-0.1, -0.05) is 24.3 Å². The first-order valence-corrected chi connectivity index (χ1v) is 9.61. The lowest BCUT2D eigenvalue weighted by Crippen LogP contribution is -2.37. The van der Waals surface area contributed by atoms with Crippen molar-refractivity contribution < 1.29 is 29.0 Å². The number of nitrogens with one attached hydrogen (secondary N) is 2. The predicted octanol–water partition coefficient (Wildman–Crippen LogP) is 2.02. The van der Waals surface area contributed by atoms with Crippen LogP contribution in [0.5, 0.6) is 11.5 Å². The number of hydrogen-bond acceptors (Lipinski definition) is 7. The molecular formula is C22H18N2O6. The largest absolute Gasteiger partial charge is 0.506 e. The summed E-state index contributed by atoms with van der Waals surface area (Å²) in [6, 6.07) is 6.28. The van der Waals surface area contributed by atoms with Crippen LogP contribution in [0.25, 0.3) is 10.8 Å². The number of furan rings is 1. The SMILES string of the molecule is Cc1oc2c(c1C(=O)N[C@H]1CCNC1)C(=O)c1c(c(O)c3ccccc3c1O)C2=O. The van der Waals surface area contributed by atoms with E-state index in [4.69, 9.17) is 4.42 Å². The van der Waals surface area contributed by atoms with E-state index in [0.717, 1.165) is 13.0 Å². The normalized spacial score (nSPS) is 17.8. The van der Waals surface area contributed by atoms with Gasteiger partial charge in [-0.2, -0.15) is 0 Å². The predicted molar refractivity (Wildman–Crippen MR) is 106 cm³/mol. The fourth-order valence-corrected chi connectivity index (χ4v) is 4.31. The number of aromatic hydroxyl groups is 2. The Morgan fingerprint density at radius 3 is 2.30 bits per heavy atom. The first kappa shape index (κ1) is 18.4. The molecule has 3 aromatic rings. The van der Waals surface area contributed by atoms with Crippen LogP contribution in [0.4, 0.5) is 0 Å². The van der Waals surface area contributed by atoms with Crippen molar-refractivity contribution in [2.24, 2.45) is 0 Å². The Balaban J connectivity index is 1.70. The molecule has 1 atom stereocenters. The van der Waals surface area contributed by atoms with Crippen molar-refractivity contribution in [2.75, 3.05) is 13.1 Å². The summed E-state index contributed by atoms with van der Waals surface area (Å²) >= 11 is 0. The fourth-order valence-electron chi connectivity index (χ4n) is 4.31. The molecule has 0 radical (unpaired) electrons. The Bertz CT molecular complexity index is 1270. The van der Waals surface area contributed by atoms with Gasteiger partial charge in [0.25, 0.3) is 5.91 Å². The minimum Gasteiger partial charge on any atom is -0.506 e. The van der Waals surface area contributed by atoms with Crippen LogP contribution < -0.4 is 10.6 Å². The molecule has 2 aliphatic rings. The number of carbonyl (C=O) groups is 3. The quantitative estimate of drug-likeness (QED) is 0.375. The molecule has 1 aliphatic heterocycles. The zero-order chi connectivity index (χ0) is 21.2. The van der Waals surface area contributed by atoms with Gasteiger partial charge < -0.3 is 25.3 Å². The first-order chi connectivity index (χ1) is 14.4. The van der Waals surface area contributed by atoms with Crippen LogP contribution in [0.1, 0.15) is 54.6 Å². The van der Waals surface area contributed by atoms with Crippen molar-refractivity contribution >= 4 is 28.2 Å². The summed E-state index contributed by atoms with van der Waals surface area (Å²) in [5, 5.41) is 27.9. The highest BCUT2D eigenvalue weighted by Crippen LogP contribution is 2.45. The summed E-state index contributed by atoms with van der Waals surface area (Å²) in [5.74, 6) is -2.98. The number of ketones is 2. The van der Waals surface area contributed by atoms with Crippen molar-refractivity contribution in [3.63, 3.8) is 0 Å². The number of phenols is 2. The minimum atomic E-state index is -0.747. The molecule has 1 aliphatic carbocycles. The van der Waals surface area contributed by atoms with Crippen LogP contribution in [-0.4, -0.2) is 46.8 Å². The van der Waals surface area contributed by atoms with Crippen molar-refractivity contribution in [1.29, 1.82) is 0 Å². The fraction of sp³-hybridized carbons (Fsp3) is 0.227. The molecule has 2 heterocycles. The van der Waals surface area contributed by atoms with E-state index in [1.165, 1.54) is 6.92 Å². The lowest BCUT2D eigenvalue weighted by atomic mass is 9.83. The second kappa shape index (κ2) is 6.43. The smallest absolute Gasteiger partial charge is 0.255 e. The molecule has 30 heavy (non-hydrogen) atoms. The van der Waals surface area contributed by atoms with Gasteiger partial charge in [0.15, 0.2) is 5.76 Å². The lowest BCUT2D eigenvalue weighted by Gasteiger charge is -2.19. The summed E-state index contributed by atoms with van der Waals surface area (Å²) in [4.78, 5) is 39.4. The molecule has 2 aromatic carbocycles. The first-order valence-electron chi connectivity index (χ1n) is 9.61. The molecule has 1 aromatic heterocycles. The summed E-state index contributed by atoms with van der Waals surface area (Å²) in [6.07, 6.45) is 0.751. The van der Waals surface area contributed by atoms with Crippen LogP contribution in [-0.2, 0) is 0 Å². The van der Waals surface area contributed by atoms with Gasteiger partial charge in [0, 0.05) is 23.4 Å². The van der Waals surface area contributed by atoms with Crippen LogP contribution in [0, 0.1) is 6.92 Å². The maximum absolute atomic E-state index is 13.4. The molecule has 5 rings (SSSR count). The zero-order valence-electron chi connectivity index (χ0n) is 16.0. The average Bonchev–Trinajstić information content (AvgIpc) is 3.36. The van der Waals surface area contributed by atoms with Crippen LogP contribution >= 0.6 is 0 Å². The van der Waals surface area contributed by atoms with Crippen LogP contribution in [0.3, 0.4) is 0 Å². The highest BCUT2D eigenvalue weighted by atomic mass is 16.4. The second-order valence-corrected chi connectivity index (χ2v) is 7.55. The Morgan fingerprint density at radius 1 is 1.07 bits per heavy atom. The number of aryl methyl sites for hydroxylation is 1. The molecule has 4 N–H and O–H groups in total. The van der Waals surface area contributed by atoms with Gasteiger partial charge in [-0.25, -0.2) is 0 Å². The van der Waals surface area contributed by atoms with Gasteiger partial charge in [0.05, 0.1) is 22.3 Å². The topological polar surface area (TPSA) is 129 Å². The number of hydrogen-bond donors (Lipinski definition) is 4. The third kappa shape index (κ3) is 2.40. The average molecular weight is 406 g/mol. The molecule has 8 heteroatoms. The molecular weight excluding hydrogens is 388 g/mol. The summed E-state index contributed by atoms with van der Waals surface area (Å²) in [7, 11) is 0. The van der Waals surface area contributed by atoms with Gasteiger partial charge in [-0.3, -0.25) is 14.4 Å². The summed E-state index contributed by atoms with van der Waals surface area (Å²) in [5.41, 5.74) is -0.836. The van der Waals surface area contributed by atoms with Crippen molar-refractivity contribution in [1.82, 2.24) is 10.6 Å². The molecule has 0 spiro atoms. The number of carbonyl (C=O) groups excluding carboxylic acids is 3. The number of fused-ring (bicyclic) bond motifs is 3. The third-order valence-electron chi connectivity index (χ3n) is 5.76. The van der Waals surface area contributed by atoms with Gasteiger partial charge in [-0.05, 0) is 19.9 Å². The highest BCUT2D eigenvalue weighted by molar-refractivity contribution is 6.33.